The highest BCUT2D eigenvalue weighted by Gasteiger charge is 2.34. The normalized spacial score (nSPS) is 24.6. The van der Waals surface area contributed by atoms with Gasteiger partial charge in [-0.25, -0.2) is 12.4 Å². The van der Waals surface area contributed by atoms with Gasteiger partial charge in [0, 0.05) is 29.7 Å². The minimum absolute atomic E-state index is 0.0405. The molecule has 5 rings (SSSR count). The van der Waals surface area contributed by atoms with Gasteiger partial charge in [-0.15, -0.1) is 0 Å². The minimum Gasteiger partial charge on any atom is -0.393 e. The lowest BCUT2D eigenvalue weighted by Crippen LogP contribution is -2.40. The molecule has 8 heteroatoms. The number of hydrogen-bond acceptors (Lipinski definition) is 5. The molecule has 1 N–H and O–H groups in total. The molecule has 180 valence electrons. The maximum absolute atomic E-state index is 13.2. The Morgan fingerprint density at radius 3 is 2.64 bits per heavy atom. The summed E-state index contributed by atoms with van der Waals surface area (Å²) in [6.07, 6.45) is 4.83. The number of aromatic nitrogens is 1. The lowest BCUT2D eigenvalue weighted by Gasteiger charge is -2.29. The Labute approximate surface area is 195 Å². The second-order valence-corrected chi connectivity index (χ2v) is 12.1. The molecule has 0 saturated carbocycles. The van der Waals surface area contributed by atoms with E-state index in [0.717, 1.165) is 48.9 Å². The molecule has 2 aliphatic heterocycles. The number of rotatable bonds is 6. The van der Waals surface area contributed by atoms with Crippen LogP contribution in [0.15, 0.2) is 18.2 Å². The lowest BCUT2D eigenvalue weighted by molar-refractivity contribution is 0.0546. The summed E-state index contributed by atoms with van der Waals surface area (Å²) in [5, 5.41) is 10.7. The van der Waals surface area contributed by atoms with Crippen LogP contribution in [-0.4, -0.2) is 66.0 Å². The van der Waals surface area contributed by atoms with E-state index in [0.29, 0.717) is 55.0 Å². The monoisotopic (exact) mass is 474 g/mol. The van der Waals surface area contributed by atoms with Gasteiger partial charge >= 0.3 is 0 Å². The van der Waals surface area contributed by atoms with Crippen LogP contribution in [0.2, 0.25) is 0 Å². The van der Waals surface area contributed by atoms with Gasteiger partial charge in [-0.1, -0.05) is 6.92 Å². The zero-order valence-corrected chi connectivity index (χ0v) is 20.3. The number of nitrogens with zero attached hydrogens (tertiary/aromatic N) is 2. The number of fused-ring (bicyclic) bond motifs is 3. The molecular weight excluding hydrogens is 440 g/mol. The number of amides is 1. The van der Waals surface area contributed by atoms with Crippen LogP contribution in [0.3, 0.4) is 0 Å². The van der Waals surface area contributed by atoms with Gasteiger partial charge < -0.3 is 14.7 Å². The van der Waals surface area contributed by atoms with E-state index in [4.69, 9.17) is 4.74 Å². The van der Waals surface area contributed by atoms with Crippen molar-refractivity contribution in [1.29, 1.82) is 0 Å². The largest absolute Gasteiger partial charge is 0.393 e. The molecule has 3 atom stereocenters. The summed E-state index contributed by atoms with van der Waals surface area (Å²) in [6.45, 7) is 5.91. The van der Waals surface area contributed by atoms with Crippen molar-refractivity contribution < 1.29 is 23.1 Å². The number of carbonyl (C=O) groups excluding carboxylic acids is 1. The molecule has 3 unspecified atom stereocenters. The summed E-state index contributed by atoms with van der Waals surface area (Å²) in [4.78, 5) is 15.0. The molecule has 0 spiro atoms. The van der Waals surface area contributed by atoms with Gasteiger partial charge in [0.1, 0.15) is 0 Å². The molecule has 2 aromatic rings. The third kappa shape index (κ3) is 4.33. The van der Waals surface area contributed by atoms with Crippen molar-refractivity contribution in [3.05, 3.63) is 35.0 Å². The number of piperidine rings is 1. The smallest absolute Gasteiger partial charge is 0.253 e. The number of carbonyl (C=O) groups is 1. The fourth-order valence-electron chi connectivity index (χ4n) is 5.67. The van der Waals surface area contributed by atoms with Crippen LogP contribution < -0.4 is 0 Å². The summed E-state index contributed by atoms with van der Waals surface area (Å²) in [5.74, 6) is 0.985. The van der Waals surface area contributed by atoms with E-state index in [9.17, 15) is 18.3 Å². The molecule has 1 aromatic carbocycles. The van der Waals surface area contributed by atoms with Gasteiger partial charge in [0.05, 0.1) is 30.1 Å². The Kier molecular flexibility index (Phi) is 6.04. The molecule has 0 radical (unpaired) electrons. The topological polar surface area (TPSA) is 92.1 Å². The molecule has 0 bridgehead atoms. The Balaban J connectivity index is 1.54. The Morgan fingerprint density at radius 2 is 1.97 bits per heavy atom. The first-order valence-electron chi connectivity index (χ1n) is 12.3. The van der Waals surface area contributed by atoms with Gasteiger partial charge in [0.25, 0.3) is 5.91 Å². The van der Waals surface area contributed by atoms with E-state index < -0.39 is 10.0 Å². The fraction of sp³-hybridized carbons (Fsp3) is 0.640. The summed E-state index contributed by atoms with van der Waals surface area (Å²) in [6, 6.07) is 5.47. The van der Waals surface area contributed by atoms with Gasteiger partial charge in [-0.3, -0.25) is 4.79 Å². The Morgan fingerprint density at radius 1 is 1.24 bits per heavy atom. The van der Waals surface area contributed by atoms with E-state index >= 15 is 0 Å². The molecule has 1 aromatic heterocycles. The highest BCUT2D eigenvalue weighted by atomic mass is 32.2. The zero-order valence-electron chi connectivity index (χ0n) is 19.5. The fourth-order valence-corrected chi connectivity index (χ4v) is 6.93. The van der Waals surface area contributed by atoms with Crippen molar-refractivity contribution in [1.82, 2.24) is 8.87 Å². The number of likely N-dealkylation sites (tertiary alicyclic amines) is 1. The first-order valence-corrected chi connectivity index (χ1v) is 13.9. The average Bonchev–Trinajstić information content (AvgIpc) is 3.57. The van der Waals surface area contributed by atoms with Crippen molar-refractivity contribution in [3.63, 3.8) is 0 Å². The first kappa shape index (κ1) is 22.9. The number of aliphatic hydroxyl groups excluding tert-OH is 1. The van der Waals surface area contributed by atoms with Gasteiger partial charge in [0.15, 0.2) is 0 Å². The van der Waals surface area contributed by atoms with E-state index in [1.54, 1.807) is 21.9 Å². The Bertz CT molecular complexity index is 1160. The van der Waals surface area contributed by atoms with Crippen LogP contribution in [-0.2, 0) is 27.6 Å². The summed E-state index contributed by atoms with van der Waals surface area (Å²) >= 11 is 0. The van der Waals surface area contributed by atoms with Crippen LogP contribution in [0.1, 0.15) is 61.1 Å². The van der Waals surface area contributed by atoms with Crippen LogP contribution in [0, 0.1) is 11.8 Å². The van der Waals surface area contributed by atoms with E-state index in [2.05, 4.69) is 6.92 Å². The van der Waals surface area contributed by atoms with Crippen LogP contribution in [0.5, 0.6) is 0 Å². The molecule has 1 aliphatic carbocycles. The number of ether oxygens (including phenoxy) is 1. The molecule has 3 aliphatic rings. The van der Waals surface area contributed by atoms with Gasteiger partial charge in [-0.05, 0) is 81.0 Å². The maximum Gasteiger partial charge on any atom is 0.253 e. The summed E-state index contributed by atoms with van der Waals surface area (Å²) in [5.41, 5.74) is 3.26. The second-order valence-electron chi connectivity index (χ2n) is 10.0. The minimum atomic E-state index is -3.46. The van der Waals surface area contributed by atoms with Crippen molar-refractivity contribution in [2.75, 3.05) is 25.4 Å². The predicted molar refractivity (Wildman–Crippen MR) is 127 cm³/mol. The molecule has 1 amide bonds. The standard InChI is InChI=1S/C25H34N2O5S/c1-3-33(30,31)27-23-6-4-17(16(2)12-20-15-32-20)13-21(23)22-14-18(5-7-24(22)27)25(29)26-10-8-19(28)9-11-26/h5,7,14,16-17,19-20,28H,3-4,6,8-13,15H2,1-2H3. The predicted octanol–water partition coefficient (Wildman–Crippen LogP) is 2.97. The van der Waals surface area contributed by atoms with Crippen LogP contribution in [0.25, 0.3) is 10.9 Å². The zero-order chi connectivity index (χ0) is 23.3. The maximum atomic E-state index is 13.2. The molecule has 7 nitrogen and oxygen atoms in total. The van der Waals surface area contributed by atoms with E-state index in [1.807, 2.05) is 12.1 Å². The van der Waals surface area contributed by atoms with Crippen molar-refractivity contribution >= 4 is 26.8 Å². The van der Waals surface area contributed by atoms with E-state index in [-0.39, 0.29) is 17.8 Å². The summed E-state index contributed by atoms with van der Waals surface area (Å²) in [7, 11) is -3.46. The van der Waals surface area contributed by atoms with Crippen LogP contribution in [0.4, 0.5) is 0 Å². The molecule has 3 heterocycles. The first-order chi connectivity index (χ1) is 15.8. The molecule has 2 saturated heterocycles. The average molecular weight is 475 g/mol. The highest BCUT2D eigenvalue weighted by Crippen LogP contribution is 2.40. The van der Waals surface area contributed by atoms with Gasteiger partial charge in [-0.2, -0.15) is 0 Å². The summed E-state index contributed by atoms with van der Waals surface area (Å²) < 4.78 is 33.1. The van der Waals surface area contributed by atoms with Crippen LogP contribution >= 0.6 is 0 Å². The van der Waals surface area contributed by atoms with E-state index in [1.165, 1.54) is 0 Å². The quantitative estimate of drug-likeness (QED) is 0.650. The number of epoxide rings is 1. The number of benzene rings is 1. The van der Waals surface area contributed by atoms with Crippen molar-refractivity contribution in [2.24, 2.45) is 11.8 Å². The van der Waals surface area contributed by atoms with Crippen molar-refractivity contribution in [3.8, 4) is 0 Å². The van der Waals surface area contributed by atoms with Crippen molar-refractivity contribution in [2.45, 2.75) is 64.6 Å². The lowest BCUT2D eigenvalue weighted by atomic mass is 9.77. The van der Waals surface area contributed by atoms with Gasteiger partial charge in [0.2, 0.25) is 10.0 Å². The Hall–Kier alpha value is -1.90. The third-order valence-electron chi connectivity index (χ3n) is 7.84. The highest BCUT2D eigenvalue weighted by molar-refractivity contribution is 7.90. The number of aliphatic hydroxyl groups is 1. The molecule has 33 heavy (non-hydrogen) atoms. The second kappa shape index (κ2) is 8.71. The third-order valence-corrected chi connectivity index (χ3v) is 9.54. The molecular formula is C25H34N2O5S. The number of hydrogen-bond donors (Lipinski definition) is 1. The molecule has 2 fully saturated rings. The SMILES string of the molecule is CCS(=O)(=O)n1c2c(c3cc(C(=O)N4CCC(O)CC4)ccc31)CC(C(C)CC1CO1)CC2.